The van der Waals surface area contributed by atoms with Crippen LogP contribution in [0.5, 0.6) is 0 Å². The minimum Gasteiger partial charge on any atom is -0.385 e. The van der Waals surface area contributed by atoms with E-state index < -0.39 is 11.5 Å². The molecule has 2 aliphatic rings. The molecule has 1 N–H and O–H groups in total. The van der Waals surface area contributed by atoms with Gasteiger partial charge in [0.25, 0.3) is 0 Å². The molecule has 2 aliphatic carbocycles. The topological polar surface area (TPSA) is 37.3 Å². The maximum Gasteiger partial charge on any atom is 0.166 e. The summed E-state index contributed by atoms with van der Waals surface area (Å²) in [7, 11) is 0. The van der Waals surface area contributed by atoms with Crippen LogP contribution in [0.1, 0.15) is 29.5 Å². The van der Waals surface area contributed by atoms with Gasteiger partial charge in [-0.25, -0.2) is 4.39 Å². The highest BCUT2D eigenvalue weighted by Gasteiger charge is 2.41. The molecule has 102 valence electrons. The van der Waals surface area contributed by atoms with Gasteiger partial charge in [-0.2, -0.15) is 0 Å². The SMILES string of the molecule is C[C@@]1(O)C=CC(=O)[C@H]1c1ccc(F)c2c1C=CC=CC2. The summed E-state index contributed by atoms with van der Waals surface area (Å²) < 4.78 is 14.0. The van der Waals surface area contributed by atoms with Crippen molar-refractivity contribution >= 4 is 11.9 Å². The Bertz CT molecular complexity index is 666. The number of hydrogen-bond acceptors (Lipinski definition) is 2. The van der Waals surface area contributed by atoms with Crippen LogP contribution in [0.3, 0.4) is 0 Å². The van der Waals surface area contributed by atoms with E-state index in [0.29, 0.717) is 23.1 Å². The minimum absolute atomic E-state index is 0.144. The fraction of sp³-hybridized carbons (Fsp3) is 0.235. The van der Waals surface area contributed by atoms with Crippen molar-refractivity contribution in [2.45, 2.75) is 24.9 Å². The Morgan fingerprint density at radius 2 is 2.10 bits per heavy atom. The van der Waals surface area contributed by atoms with Crippen molar-refractivity contribution in [3.05, 3.63) is 65.0 Å². The highest BCUT2D eigenvalue weighted by Crippen LogP contribution is 2.39. The second-order valence-electron chi connectivity index (χ2n) is 5.41. The van der Waals surface area contributed by atoms with Gasteiger partial charge >= 0.3 is 0 Å². The van der Waals surface area contributed by atoms with Crippen molar-refractivity contribution in [2.24, 2.45) is 0 Å². The van der Waals surface area contributed by atoms with Crippen LogP contribution in [0.25, 0.3) is 6.08 Å². The summed E-state index contributed by atoms with van der Waals surface area (Å²) in [6.07, 6.45) is 10.8. The van der Waals surface area contributed by atoms with Gasteiger partial charge in [-0.15, -0.1) is 0 Å². The predicted molar refractivity (Wildman–Crippen MR) is 75.8 cm³/mol. The molecule has 0 aromatic heterocycles. The summed E-state index contributed by atoms with van der Waals surface area (Å²) in [5, 5.41) is 10.4. The zero-order valence-electron chi connectivity index (χ0n) is 11.1. The molecular weight excluding hydrogens is 255 g/mol. The number of carbonyl (C=O) groups is 1. The quantitative estimate of drug-likeness (QED) is 0.852. The van der Waals surface area contributed by atoms with E-state index in [1.54, 1.807) is 19.1 Å². The van der Waals surface area contributed by atoms with Crippen molar-refractivity contribution in [3.63, 3.8) is 0 Å². The largest absolute Gasteiger partial charge is 0.385 e. The van der Waals surface area contributed by atoms with Crippen molar-refractivity contribution in [3.8, 4) is 0 Å². The maximum atomic E-state index is 14.0. The molecule has 20 heavy (non-hydrogen) atoms. The van der Waals surface area contributed by atoms with Crippen LogP contribution in [0.4, 0.5) is 4.39 Å². The molecule has 2 nitrogen and oxygen atoms in total. The third-order valence-corrected chi connectivity index (χ3v) is 3.93. The van der Waals surface area contributed by atoms with Gasteiger partial charge in [0.05, 0.1) is 11.5 Å². The Kier molecular flexibility index (Phi) is 2.94. The van der Waals surface area contributed by atoms with E-state index >= 15 is 0 Å². The first kappa shape index (κ1) is 13.0. The smallest absolute Gasteiger partial charge is 0.166 e. The molecule has 1 aromatic carbocycles. The van der Waals surface area contributed by atoms with E-state index in [0.717, 1.165) is 0 Å². The molecule has 0 aliphatic heterocycles. The van der Waals surface area contributed by atoms with Gasteiger partial charge in [-0.05, 0) is 48.3 Å². The molecule has 2 atom stereocenters. The summed E-state index contributed by atoms with van der Waals surface area (Å²) in [4.78, 5) is 12.1. The van der Waals surface area contributed by atoms with E-state index in [1.165, 1.54) is 18.2 Å². The Hall–Kier alpha value is -2.00. The average molecular weight is 270 g/mol. The second-order valence-corrected chi connectivity index (χ2v) is 5.41. The Labute approximate surface area is 116 Å². The number of carbonyl (C=O) groups excluding carboxylic acids is 1. The lowest BCUT2D eigenvalue weighted by molar-refractivity contribution is -0.118. The fourth-order valence-electron chi connectivity index (χ4n) is 2.93. The first-order valence-corrected chi connectivity index (χ1v) is 6.60. The number of hydrogen-bond donors (Lipinski definition) is 1. The standard InChI is InChI=1S/C17H15FO2/c1-17(20)10-9-15(19)16(17)13-7-8-14(18)12-6-4-2-3-5-11(12)13/h2-5,7-10,16,20H,6H2,1H3/t16-,17-/m1/s1. The highest BCUT2D eigenvalue weighted by molar-refractivity contribution is 6.00. The number of ketones is 1. The molecule has 0 saturated carbocycles. The molecule has 0 saturated heterocycles. The Morgan fingerprint density at radius 3 is 2.80 bits per heavy atom. The molecule has 3 heteroatoms. The number of rotatable bonds is 1. The summed E-state index contributed by atoms with van der Waals surface area (Å²) in [6.45, 7) is 1.60. The van der Waals surface area contributed by atoms with E-state index in [1.807, 2.05) is 18.2 Å². The lowest BCUT2D eigenvalue weighted by Crippen LogP contribution is -2.31. The third kappa shape index (κ3) is 1.95. The zero-order chi connectivity index (χ0) is 14.3. The fourth-order valence-corrected chi connectivity index (χ4v) is 2.93. The van der Waals surface area contributed by atoms with Crippen molar-refractivity contribution in [2.75, 3.05) is 0 Å². The Balaban J connectivity index is 2.19. The monoisotopic (exact) mass is 270 g/mol. The van der Waals surface area contributed by atoms with Crippen LogP contribution < -0.4 is 0 Å². The first-order valence-electron chi connectivity index (χ1n) is 6.60. The second kappa shape index (κ2) is 4.53. The van der Waals surface area contributed by atoms with Crippen molar-refractivity contribution in [1.29, 1.82) is 0 Å². The van der Waals surface area contributed by atoms with E-state index in [9.17, 15) is 14.3 Å². The molecule has 0 amide bonds. The number of benzene rings is 1. The lowest BCUT2D eigenvalue weighted by Gasteiger charge is -2.26. The molecule has 0 unspecified atom stereocenters. The minimum atomic E-state index is -1.23. The normalized spacial score (nSPS) is 27.8. The molecule has 1 aromatic rings. The van der Waals surface area contributed by atoms with E-state index in [4.69, 9.17) is 0 Å². The van der Waals surface area contributed by atoms with Gasteiger partial charge in [0.1, 0.15) is 5.82 Å². The third-order valence-electron chi connectivity index (χ3n) is 3.93. The molecular formula is C17H15FO2. The average Bonchev–Trinajstić information content (AvgIpc) is 2.60. The molecule has 0 heterocycles. The van der Waals surface area contributed by atoms with Crippen molar-refractivity contribution < 1.29 is 14.3 Å². The number of fused-ring (bicyclic) bond motifs is 1. The first-order chi connectivity index (χ1) is 9.50. The van der Waals surface area contributed by atoms with Gasteiger partial charge in [0.2, 0.25) is 0 Å². The van der Waals surface area contributed by atoms with Crippen LogP contribution in [0, 0.1) is 5.82 Å². The maximum absolute atomic E-state index is 14.0. The van der Waals surface area contributed by atoms with Crippen LogP contribution >= 0.6 is 0 Å². The van der Waals surface area contributed by atoms with Crippen LogP contribution in [-0.4, -0.2) is 16.5 Å². The van der Waals surface area contributed by atoms with Crippen LogP contribution in [0.15, 0.2) is 42.5 Å². The zero-order valence-corrected chi connectivity index (χ0v) is 11.1. The van der Waals surface area contributed by atoms with Crippen LogP contribution in [-0.2, 0) is 11.2 Å². The predicted octanol–water partition coefficient (Wildman–Crippen LogP) is 2.92. The van der Waals surface area contributed by atoms with Gasteiger partial charge in [-0.1, -0.05) is 30.4 Å². The van der Waals surface area contributed by atoms with Crippen LogP contribution in [0.2, 0.25) is 0 Å². The molecule has 0 radical (unpaired) electrons. The van der Waals surface area contributed by atoms with Gasteiger partial charge in [-0.3, -0.25) is 4.79 Å². The summed E-state index contributed by atoms with van der Waals surface area (Å²) in [5.41, 5.74) is 0.734. The summed E-state index contributed by atoms with van der Waals surface area (Å²) in [6, 6.07) is 2.98. The number of aliphatic hydroxyl groups is 1. The van der Waals surface area contributed by atoms with Gasteiger partial charge < -0.3 is 5.11 Å². The summed E-state index contributed by atoms with van der Waals surface area (Å²) >= 11 is 0. The molecule has 0 bridgehead atoms. The number of allylic oxidation sites excluding steroid dienone is 4. The molecule has 0 spiro atoms. The van der Waals surface area contributed by atoms with E-state index in [2.05, 4.69) is 0 Å². The Morgan fingerprint density at radius 1 is 1.30 bits per heavy atom. The molecule has 3 rings (SSSR count). The van der Waals surface area contributed by atoms with Crippen molar-refractivity contribution in [1.82, 2.24) is 0 Å². The molecule has 0 fully saturated rings. The lowest BCUT2D eigenvalue weighted by atomic mass is 9.81. The van der Waals surface area contributed by atoms with E-state index in [-0.39, 0.29) is 11.6 Å². The van der Waals surface area contributed by atoms with Gasteiger partial charge in [0.15, 0.2) is 5.78 Å². The summed E-state index contributed by atoms with van der Waals surface area (Å²) in [5.74, 6) is -1.09. The number of halogens is 1. The van der Waals surface area contributed by atoms with Gasteiger partial charge in [0, 0.05) is 0 Å². The highest BCUT2D eigenvalue weighted by atomic mass is 19.1.